The predicted octanol–water partition coefficient (Wildman–Crippen LogP) is 2.61. The summed E-state index contributed by atoms with van der Waals surface area (Å²) >= 11 is 0. The van der Waals surface area contributed by atoms with Crippen molar-refractivity contribution < 1.29 is 23.8 Å². The largest absolute Gasteiger partial charge is 0.466 e. The molecule has 0 amide bonds. The Hall–Kier alpha value is -2.66. The molecule has 0 N–H and O–H groups in total. The van der Waals surface area contributed by atoms with E-state index < -0.39 is 24.1 Å². The second kappa shape index (κ2) is 4.93. The lowest BCUT2D eigenvalue weighted by Gasteiger charge is -2.18. The topological polar surface area (TPSA) is 61.8 Å². The van der Waals surface area contributed by atoms with E-state index in [2.05, 4.69) is 0 Å². The van der Waals surface area contributed by atoms with Gasteiger partial charge in [0.15, 0.2) is 0 Å². The van der Waals surface area contributed by atoms with E-state index in [4.69, 9.17) is 14.2 Å². The molecule has 116 valence electrons. The number of carbonyl (C=O) groups excluding carboxylic acids is 2. The van der Waals surface area contributed by atoms with Crippen molar-refractivity contribution >= 4 is 22.7 Å². The van der Waals surface area contributed by atoms with Crippen LogP contribution in [0, 0.1) is 0 Å². The summed E-state index contributed by atoms with van der Waals surface area (Å²) in [4.78, 5) is 24.4. The van der Waals surface area contributed by atoms with Gasteiger partial charge in [-0.2, -0.15) is 0 Å². The molecule has 2 aromatic carbocycles. The highest BCUT2D eigenvalue weighted by molar-refractivity contribution is 6.05. The second-order valence-electron chi connectivity index (χ2n) is 5.50. The highest BCUT2D eigenvalue weighted by atomic mass is 16.5. The van der Waals surface area contributed by atoms with Crippen LogP contribution in [0.1, 0.15) is 23.3 Å². The van der Waals surface area contributed by atoms with Crippen molar-refractivity contribution in [2.24, 2.45) is 0 Å². The molecule has 0 spiro atoms. The van der Waals surface area contributed by atoms with Gasteiger partial charge in [0.05, 0.1) is 25.4 Å². The molecule has 4 rings (SSSR count). The number of ether oxygens (including phenoxy) is 3. The van der Waals surface area contributed by atoms with E-state index in [1.807, 2.05) is 36.4 Å². The van der Waals surface area contributed by atoms with E-state index in [1.165, 1.54) is 14.2 Å². The highest BCUT2D eigenvalue weighted by Crippen LogP contribution is 2.56. The third-order valence-corrected chi connectivity index (χ3v) is 4.45. The Bertz CT molecular complexity index is 880. The molecule has 2 bridgehead atoms. The third kappa shape index (κ3) is 1.77. The van der Waals surface area contributed by atoms with Gasteiger partial charge in [0, 0.05) is 0 Å². The number of methoxy groups -OCH3 is 2. The lowest BCUT2D eigenvalue weighted by Crippen LogP contribution is -2.19. The first-order valence-corrected chi connectivity index (χ1v) is 7.25. The van der Waals surface area contributed by atoms with Gasteiger partial charge < -0.3 is 14.2 Å². The monoisotopic (exact) mass is 310 g/mol. The fraction of sp³-hybridized carbons (Fsp3) is 0.222. The zero-order chi connectivity index (χ0) is 16.1. The summed E-state index contributed by atoms with van der Waals surface area (Å²) in [6.07, 6.45) is -1.18. The fourth-order valence-electron chi connectivity index (χ4n) is 3.48. The van der Waals surface area contributed by atoms with Gasteiger partial charge in [-0.15, -0.1) is 0 Å². The Morgan fingerprint density at radius 1 is 0.913 bits per heavy atom. The Morgan fingerprint density at radius 2 is 1.57 bits per heavy atom. The van der Waals surface area contributed by atoms with Gasteiger partial charge in [0.25, 0.3) is 0 Å². The van der Waals surface area contributed by atoms with Crippen LogP contribution in [0.25, 0.3) is 10.8 Å². The van der Waals surface area contributed by atoms with Crippen molar-refractivity contribution in [1.29, 1.82) is 0 Å². The number of benzene rings is 2. The summed E-state index contributed by atoms with van der Waals surface area (Å²) in [5.41, 5.74) is 2.32. The van der Waals surface area contributed by atoms with Crippen LogP contribution in [0.5, 0.6) is 0 Å². The average molecular weight is 310 g/mol. The molecule has 2 aromatic rings. The molecule has 2 heterocycles. The average Bonchev–Trinajstić information content (AvgIpc) is 3.16. The predicted molar refractivity (Wildman–Crippen MR) is 81.6 cm³/mol. The van der Waals surface area contributed by atoms with Crippen LogP contribution >= 0.6 is 0 Å². The quantitative estimate of drug-likeness (QED) is 0.798. The first kappa shape index (κ1) is 14.0. The van der Waals surface area contributed by atoms with Crippen LogP contribution < -0.4 is 0 Å². The number of carbonyl (C=O) groups is 2. The molecular weight excluding hydrogens is 296 g/mol. The van der Waals surface area contributed by atoms with Gasteiger partial charge in [0.1, 0.15) is 12.2 Å². The lowest BCUT2D eigenvalue weighted by molar-refractivity contribution is -0.139. The van der Waals surface area contributed by atoms with Crippen molar-refractivity contribution in [1.82, 2.24) is 0 Å². The number of rotatable bonds is 2. The molecule has 0 saturated carbocycles. The van der Waals surface area contributed by atoms with Crippen LogP contribution in [-0.2, 0) is 23.8 Å². The molecule has 5 heteroatoms. The molecule has 0 aromatic heterocycles. The highest BCUT2D eigenvalue weighted by Gasteiger charge is 2.51. The number of esters is 2. The maximum absolute atomic E-state index is 12.2. The fourth-order valence-corrected chi connectivity index (χ4v) is 3.48. The zero-order valence-electron chi connectivity index (χ0n) is 12.7. The summed E-state index contributed by atoms with van der Waals surface area (Å²) in [6, 6.07) is 11.8. The van der Waals surface area contributed by atoms with E-state index in [-0.39, 0.29) is 11.1 Å². The standard InChI is InChI=1S/C18H14O5/c1-21-17(19)13-14(18(20)22-2)16-12-10-6-4-3-5-9(10)7-8-11(12)15(13)23-16/h3-8,15-16H,1-2H3. The Morgan fingerprint density at radius 3 is 2.26 bits per heavy atom. The van der Waals surface area contributed by atoms with Crippen LogP contribution in [0.15, 0.2) is 47.5 Å². The molecule has 2 atom stereocenters. The van der Waals surface area contributed by atoms with E-state index >= 15 is 0 Å². The van der Waals surface area contributed by atoms with E-state index in [0.29, 0.717) is 0 Å². The van der Waals surface area contributed by atoms with Gasteiger partial charge in [0.2, 0.25) is 0 Å². The molecule has 23 heavy (non-hydrogen) atoms. The lowest BCUT2D eigenvalue weighted by atomic mass is 9.83. The number of hydrogen-bond acceptors (Lipinski definition) is 5. The molecule has 0 saturated heterocycles. The van der Waals surface area contributed by atoms with E-state index in [0.717, 1.165) is 21.9 Å². The molecule has 0 aliphatic carbocycles. The molecule has 2 aliphatic rings. The van der Waals surface area contributed by atoms with Gasteiger partial charge in [-0.3, -0.25) is 0 Å². The third-order valence-electron chi connectivity index (χ3n) is 4.45. The number of hydrogen-bond donors (Lipinski definition) is 0. The van der Waals surface area contributed by atoms with Crippen LogP contribution in [0.4, 0.5) is 0 Å². The normalized spacial score (nSPS) is 21.5. The minimum absolute atomic E-state index is 0.243. The van der Waals surface area contributed by atoms with E-state index in [1.54, 1.807) is 0 Å². The van der Waals surface area contributed by atoms with Crippen molar-refractivity contribution in [3.05, 3.63) is 58.7 Å². The molecule has 2 unspecified atom stereocenters. The molecule has 2 aliphatic heterocycles. The summed E-state index contributed by atoms with van der Waals surface area (Å²) in [5, 5.41) is 2.08. The second-order valence-corrected chi connectivity index (χ2v) is 5.50. The van der Waals surface area contributed by atoms with Crippen molar-refractivity contribution in [3.8, 4) is 0 Å². The van der Waals surface area contributed by atoms with Crippen LogP contribution in [0.3, 0.4) is 0 Å². The first-order chi connectivity index (χ1) is 11.2. The Kier molecular flexibility index (Phi) is 2.99. The molecule has 0 fully saturated rings. The summed E-state index contributed by atoms with van der Waals surface area (Å²) in [6.45, 7) is 0. The van der Waals surface area contributed by atoms with Crippen molar-refractivity contribution in [2.75, 3.05) is 14.2 Å². The maximum atomic E-state index is 12.2. The molecule has 0 radical (unpaired) electrons. The van der Waals surface area contributed by atoms with Gasteiger partial charge >= 0.3 is 11.9 Å². The zero-order valence-corrected chi connectivity index (χ0v) is 12.7. The smallest absolute Gasteiger partial charge is 0.337 e. The number of fused-ring (bicyclic) bond motifs is 7. The minimum atomic E-state index is -0.595. The SMILES string of the molecule is COC(=O)C1=C(C(=O)OC)C2OC1c1ccc3ccccc3c12. The van der Waals surface area contributed by atoms with Gasteiger partial charge in [-0.05, 0) is 21.9 Å². The minimum Gasteiger partial charge on any atom is -0.466 e. The first-order valence-electron chi connectivity index (χ1n) is 7.25. The van der Waals surface area contributed by atoms with Crippen molar-refractivity contribution in [3.63, 3.8) is 0 Å². The van der Waals surface area contributed by atoms with E-state index in [9.17, 15) is 9.59 Å². The molecule has 5 nitrogen and oxygen atoms in total. The Labute approximate surface area is 132 Å². The van der Waals surface area contributed by atoms with Crippen LogP contribution in [0.2, 0.25) is 0 Å². The maximum Gasteiger partial charge on any atom is 0.337 e. The van der Waals surface area contributed by atoms with Crippen molar-refractivity contribution in [2.45, 2.75) is 12.2 Å². The summed E-state index contributed by atoms with van der Waals surface area (Å²) in [7, 11) is 2.58. The molecular formula is C18H14O5. The summed E-state index contributed by atoms with van der Waals surface area (Å²) < 4.78 is 15.6. The summed E-state index contributed by atoms with van der Waals surface area (Å²) in [5.74, 6) is -1.12. The van der Waals surface area contributed by atoms with Gasteiger partial charge in [-0.25, -0.2) is 9.59 Å². The van der Waals surface area contributed by atoms with Crippen LogP contribution in [-0.4, -0.2) is 26.2 Å². The van der Waals surface area contributed by atoms with Gasteiger partial charge in [-0.1, -0.05) is 36.4 Å². The Balaban J connectivity index is 1.97.